The van der Waals surface area contributed by atoms with E-state index < -0.39 is 0 Å². The first-order valence-corrected chi connectivity index (χ1v) is 8.22. The molecule has 1 aliphatic rings. The van der Waals surface area contributed by atoms with Crippen molar-refractivity contribution < 1.29 is 19.0 Å². The molecule has 0 N–H and O–H groups in total. The maximum Gasteiger partial charge on any atom is 0.305 e. The van der Waals surface area contributed by atoms with Crippen LogP contribution in [0.25, 0.3) is 0 Å². The molecule has 1 aromatic heterocycles. The Kier molecular flexibility index (Phi) is 5.79. The summed E-state index contributed by atoms with van der Waals surface area (Å²) in [6, 6.07) is 2.22. The normalized spacial score (nSPS) is 15.3. The van der Waals surface area contributed by atoms with Gasteiger partial charge in [0.1, 0.15) is 11.6 Å². The summed E-state index contributed by atoms with van der Waals surface area (Å²) in [5, 5.41) is 9.57. The fraction of sp³-hybridized carbons (Fsp3) is 0.611. The van der Waals surface area contributed by atoms with Gasteiger partial charge in [-0.05, 0) is 39.7 Å². The second-order valence-electron chi connectivity index (χ2n) is 6.43. The molecule has 0 aliphatic carbocycles. The third-order valence-electron chi connectivity index (χ3n) is 3.98. The zero-order valence-electron chi connectivity index (χ0n) is 14.8. The molecule has 2 heterocycles. The maximum atomic E-state index is 11.3. The van der Waals surface area contributed by atoms with E-state index in [0.717, 1.165) is 16.8 Å². The number of rotatable bonds is 6. The number of ether oxygens (including phenoxy) is 3. The van der Waals surface area contributed by atoms with Crippen molar-refractivity contribution in [3.63, 3.8) is 0 Å². The van der Waals surface area contributed by atoms with Crippen LogP contribution in [-0.4, -0.2) is 29.8 Å². The predicted octanol–water partition coefficient (Wildman–Crippen LogP) is 2.84. The van der Waals surface area contributed by atoms with Gasteiger partial charge in [0.2, 0.25) is 5.88 Å². The van der Waals surface area contributed by atoms with E-state index in [9.17, 15) is 10.1 Å². The van der Waals surface area contributed by atoms with Crippen LogP contribution >= 0.6 is 0 Å². The topological polar surface area (TPSA) is 81.4 Å². The number of aryl methyl sites for hydroxylation is 1. The first-order chi connectivity index (χ1) is 11.4. The van der Waals surface area contributed by atoms with E-state index in [-0.39, 0.29) is 11.6 Å². The highest BCUT2D eigenvalue weighted by Gasteiger charge is 2.31. The SMILES string of the molecule is CCOC(=O)CCCOc1nc(C)c2c(c1C#N)CC(C)(C)OC2. The van der Waals surface area contributed by atoms with Crippen molar-refractivity contribution >= 4 is 5.97 Å². The zero-order chi connectivity index (χ0) is 17.7. The van der Waals surface area contributed by atoms with Crippen LogP contribution < -0.4 is 4.74 Å². The number of nitrogens with zero attached hydrogens (tertiary/aromatic N) is 2. The van der Waals surface area contributed by atoms with E-state index in [0.29, 0.717) is 50.5 Å². The van der Waals surface area contributed by atoms with E-state index in [1.54, 1.807) is 6.92 Å². The fourth-order valence-electron chi connectivity index (χ4n) is 2.74. The van der Waals surface area contributed by atoms with Gasteiger partial charge < -0.3 is 14.2 Å². The van der Waals surface area contributed by atoms with Crippen molar-refractivity contribution in [2.45, 2.75) is 59.2 Å². The fourth-order valence-corrected chi connectivity index (χ4v) is 2.74. The molecule has 0 amide bonds. The molecular weight excluding hydrogens is 308 g/mol. The highest BCUT2D eigenvalue weighted by atomic mass is 16.5. The van der Waals surface area contributed by atoms with Gasteiger partial charge >= 0.3 is 5.97 Å². The molecule has 0 saturated carbocycles. The smallest absolute Gasteiger partial charge is 0.305 e. The molecule has 24 heavy (non-hydrogen) atoms. The van der Waals surface area contributed by atoms with Crippen molar-refractivity contribution in [1.82, 2.24) is 4.98 Å². The van der Waals surface area contributed by atoms with Crippen LogP contribution in [0.2, 0.25) is 0 Å². The Hall–Kier alpha value is -2.13. The second kappa shape index (κ2) is 7.63. The molecule has 6 nitrogen and oxygen atoms in total. The lowest BCUT2D eigenvalue weighted by Gasteiger charge is -2.33. The van der Waals surface area contributed by atoms with E-state index in [4.69, 9.17) is 14.2 Å². The predicted molar refractivity (Wildman–Crippen MR) is 87.6 cm³/mol. The highest BCUT2D eigenvalue weighted by Crippen LogP contribution is 2.34. The van der Waals surface area contributed by atoms with Gasteiger partial charge in [-0.3, -0.25) is 4.79 Å². The van der Waals surface area contributed by atoms with Crippen molar-refractivity contribution in [1.29, 1.82) is 5.26 Å². The number of pyridine rings is 1. The third kappa shape index (κ3) is 4.24. The Morgan fingerprint density at radius 3 is 2.83 bits per heavy atom. The first kappa shape index (κ1) is 18.2. The van der Waals surface area contributed by atoms with E-state index in [1.807, 2.05) is 20.8 Å². The number of esters is 1. The van der Waals surface area contributed by atoms with Crippen LogP contribution in [0.5, 0.6) is 5.88 Å². The minimum Gasteiger partial charge on any atom is -0.477 e. The third-order valence-corrected chi connectivity index (χ3v) is 3.98. The van der Waals surface area contributed by atoms with Gasteiger partial charge in [0, 0.05) is 24.1 Å². The van der Waals surface area contributed by atoms with Crippen LogP contribution in [0.4, 0.5) is 0 Å². The number of hydrogen-bond donors (Lipinski definition) is 0. The molecular formula is C18H24N2O4. The zero-order valence-corrected chi connectivity index (χ0v) is 14.8. The van der Waals surface area contributed by atoms with E-state index in [2.05, 4.69) is 11.1 Å². The molecule has 0 bridgehead atoms. The Bertz CT molecular complexity index is 662. The van der Waals surface area contributed by atoms with Crippen LogP contribution in [0, 0.1) is 18.3 Å². The summed E-state index contributed by atoms with van der Waals surface area (Å²) in [5.74, 6) is 0.102. The summed E-state index contributed by atoms with van der Waals surface area (Å²) in [5.41, 5.74) is 2.92. The molecule has 0 unspecified atom stereocenters. The Morgan fingerprint density at radius 2 is 2.17 bits per heavy atom. The molecule has 0 fully saturated rings. The number of carbonyl (C=O) groups excluding carboxylic acids is 1. The van der Waals surface area contributed by atoms with Crippen LogP contribution in [0.15, 0.2) is 0 Å². The second-order valence-corrected chi connectivity index (χ2v) is 6.43. The molecule has 1 aliphatic heterocycles. The Balaban J connectivity index is 2.12. The van der Waals surface area contributed by atoms with E-state index in [1.165, 1.54) is 0 Å². The van der Waals surface area contributed by atoms with Crippen molar-refractivity contribution in [3.8, 4) is 11.9 Å². The standard InChI is InChI=1S/C18H24N2O4/c1-5-22-16(21)7-6-8-23-17-14(10-19)13-9-18(3,4)24-11-15(13)12(2)20-17/h5-9,11H2,1-4H3. The van der Waals surface area contributed by atoms with Gasteiger partial charge in [0.15, 0.2) is 0 Å². The first-order valence-electron chi connectivity index (χ1n) is 8.22. The Morgan fingerprint density at radius 1 is 1.42 bits per heavy atom. The van der Waals surface area contributed by atoms with Gasteiger partial charge in [-0.25, -0.2) is 4.98 Å². The van der Waals surface area contributed by atoms with Gasteiger partial charge in [0.25, 0.3) is 0 Å². The average molecular weight is 332 g/mol. The molecule has 0 aromatic carbocycles. The van der Waals surface area contributed by atoms with Gasteiger partial charge in [-0.15, -0.1) is 0 Å². The van der Waals surface area contributed by atoms with Crippen LogP contribution in [-0.2, 0) is 27.3 Å². The summed E-state index contributed by atoms with van der Waals surface area (Å²) in [6.45, 7) is 8.84. The molecule has 0 atom stereocenters. The molecule has 0 spiro atoms. The average Bonchev–Trinajstić information content (AvgIpc) is 2.51. The van der Waals surface area contributed by atoms with Gasteiger partial charge in [-0.1, -0.05) is 0 Å². The number of aromatic nitrogens is 1. The minimum absolute atomic E-state index is 0.241. The highest BCUT2D eigenvalue weighted by molar-refractivity contribution is 5.69. The summed E-state index contributed by atoms with van der Waals surface area (Å²) < 4.78 is 16.4. The van der Waals surface area contributed by atoms with E-state index >= 15 is 0 Å². The summed E-state index contributed by atoms with van der Waals surface area (Å²) in [6.07, 6.45) is 1.46. The number of hydrogen-bond acceptors (Lipinski definition) is 6. The maximum absolute atomic E-state index is 11.3. The van der Waals surface area contributed by atoms with Crippen LogP contribution in [0.3, 0.4) is 0 Å². The summed E-state index contributed by atoms with van der Waals surface area (Å²) in [7, 11) is 0. The molecule has 0 saturated heterocycles. The molecule has 1 aromatic rings. The van der Waals surface area contributed by atoms with Crippen molar-refractivity contribution in [3.05, 3.63) is 22.4 Å². The lowest BCUT2D eigenvalue weighted by molar-refractivity contribution is -0.143. The quantitative estimate of drug-likeness (QED) is 0.588. The van der Waals surface area contributed by atoms with Crippen molar-refractivity contribution in [2.24, 2.45) is 0 Å². The summed E-state index contributed by atoms with van der Waals surface area (Å²) >= 11 is 0. The van der Waals surface area contributed by atoms with Gasteiger partial charge in [0.05, 0.1) is 25.4 Å². The molecule has 2 rings (SSSR count). The largest absolute Gasteiger partial charge is 0.477 e. The number of nitriles is 1. The molecule has 0 radical (unpaired) electrons. The molecule has 6 heteroatoms. The Labute approximate surface area is 142 Å². The minimum atomic E-state index is -0.312. The lowest BCUT2D eigenvalue weighted by Crippen LogP contribution is -2.33. The molecule has 130 valence electrons. The summed E-state index contributed by atoms with van der Waals surface area (Å²) in [4.78, 5) is 15.8. The number of carbonyl (C=O) groups is 1. The van der Waals surface area contributed by atoms with Crippen molar-refractivity contribution in [2.75, 3.05) is 13.2 Å². The lowest BCUT2D eigenvalue weighted by atomic mass is 9.88. The van der Waals surface area contributed by atoms with Gasteiger partial charge in [-0.2, -0.15) is 5.26 Å². The monoisotopic (exact) mass is 332 g/mol. The van der Waals surface area contributed by atoms with Crippen LogP contribution in [0.1, 0.15) is 56.0 Å². The number of fused-ring (bicyclic) bond motifs is 1.